The van der Waals surface area contributed by atoms with Crippen molar-refractivity contribution in [2.75, 3.05) is 13.2 Å². The molecular weight excluding hydrogens is 264 g/mol. The largest absolute Gasteiger partial charge is 0.375 e. The van der Waals surface area contributed by atoms with Crippen LogP contribution >= 0.6 is 12.4 Å². The number of amides is 1. The zero-order chi connectivity index (χ0) is 13.1. The molecule has 4 atom stereocenters. The first-order valence-electron chi connectivity index (χ1n) is 7.24. The molecule has 2 N–H and O–H groups in total. The fourth-order valence-electron chi connectivity index (χ4n) is 3.08. The first kappa shape index (κ1) is 16.7. The molecule has 0 radical (unpaired) electrons. The molecule has 2 rings (SSSR count). The van der Waals surface area contributed by atoms with E-state index in [0.29, 0.717) is 18.9 Å². The zero-order valence-electron chi connectivity index (χ0n) is 12.0. The Hall–Kier alpha value is -0.320. The Morgan fingerprint density at radius 3 is 2.68 bits per heavy atom. The SMILES string of the molecule is CC1CN(C(=O)CC2CCCCC2N)C(C)CO1.Cl. The second kappa shape index (κ2) is 7.46. The van der Waals surface area contributed by atoms with Crippen molar-refractivity contribution < 1.29 is 9.53 Å². The summed E-state index contributed by atoms with van der Waals surface area (Å²) >= 11 is 0. The van der Waals surface area contributed by atoms with E-state index in [9.17, 15) is 4.79 Å². The Bertz CT molecular complexity index is 301. The van der Waals surface area contributed by atoms with Crippen molar-refractivity contribution in [1.29, 1.82) is 0 Å². The van der Waals surface area contributed by atoms with E-state index in [0.717, 1.165) is 19.4 Å². The number of hydrogen-bond acceptors (Lipinski definition) is 3. The van der Waals surface area contributed by atoms with Gasteiger partial charge in [0.1, 0.15) is 0 Å². The van der Waals surface area contributed by atoms with E-state index in [-0.39, 0.29) is 36.5 Å². The van der Waals surface area contributed by atoms with Crippen LogP contribution in [0.2, 0.25) is 0 Å². The van der Waals surface area contributed by atoms with Crippen LogP contribution in [-0.2, 0) is 9.53 Å². The molecule has 0 spiro atoms. The van der Waals surface area contributed by atoms with Gasteiger partial charge in [-0.1, -0.05) is 12.8 Å². The monoisotopic (exact) mass is 290 g/mol. The zero-order valence-corrected chi connectivity index (χ0v) is 12.8. The number of nitrogens with two attached hydrogens (primary N) is 1. The van der Waals surface area contributed by atoms with Crippen LogP contribution in [0.1, 0.15) is 46.0 Å². The quantitative estimate of drug-likeness (QED) is 0.846. The number of hydrogen-bond donors (Lipinski definition) is 1. The molecular formula is C14H27ClN2O2. The molecule has 19 heavy (non-hydrogen) atoms. The van der Waals surface area contributed by atoms with Crippen molar-refractivity contribution in [2.45, 2.75) is 64.1 Å². The van der Waals surface area contributed by atoms with Gasteiger partial charge in [0.15, 0.2) is 0 Å². The number of morpholine rings is 1. The summed E-state index contributed by atoms with van der Waals surface area (Å²) in [4.78, 5) is 14.4. The summed E-state index contributed by atoms with van der Waals surface area (Å²) in [6, 6.07) is 0.421. The molecule has 112 valence electrons. The molecule has 0 aromatic heterocycles. The number of nitrogens with zero attached hydrogens (tertiary/aromatic N) is 1. The van der Waals surface area contributed by atoms with Gasteiger partial charge in [0.25, 0.3) is 0 Å². The van der Waals surface area contributed by atoms with E-state index in [4.69, 9.17) is 10.5 Å². The number of carbonyl (C=O) groups is 1. The highest BCUT2D eigenvalue weighted by molar-refractivity contribution is 5.85. The van der Waals surface area contributed by atoms with E-state index >= 15 is 0 Å². The third kappa shape index (κ3) is 4.33. The van der Waals surface area contributed by atoms with E-state index in [2.05, 4.69) is 6.92 Å². The molecule has 1 aliphatic carbocycles. The van der Waals surface area contributed by atoms with E-state index in [1.54, 1.807) is 0 Å². The summed E-state index contributed by atoms with van der Waals surface area (Å²) < 4.78 is 5.56. The van der Waals surface area contributed by atoms with Gasteiger partial charge in [0.05, 0.1) is 18.8 Å². The van der Waals surface area contributed by atoms with Crippen LogP contribution in [0.3, 0.4) is 0 Å². The van der Waals surface area contributed by atoms with Crippen molar-refractivity contribution in [3.8, 4) is 0 Å². The topological polar surface area (TPSA) is 55.6 Å². The smallest absolute Gasteiger partial charge is 0.223 e. The molecule has 4 nitrogen and oxygen atoms in total. The molecule has 0 bridgehead atoms. The fourth-order valence-corrected chi connectivity index (χ4v) is 3.08. The minimum Gasteiger partial charge on any atom is -0.375 e. The molecule has 1 aliphatic heterocycles. The average molecular weight is 291 g/mol. The molecule has 2 fully saturated rings. The summed E-state index contributed by atoms with van der Waals surface area (Å²) in [5, 5.41) is 0. The highest BCUT2D eigenvalue weighted by Gasteiger charge is 2.31. The average Bonchev–Trinajstić information content (AvgIpc) is 2.35. The molecule has 1 heterocycles. The van der Waals surface area contributed by atoms with Crippen LogP contribution in [0.4, 0.5) is 0 Å². The lowest BCUT2D eigenvalue weighted by molar-refractivity contribution is -0.144. The van der Waals surface area contributed by atoms with Gasteiger partial charge < -0.3 is 15.4 Å². The molecule has 1 amide bonds. The Kier molecular flexibility index (Phi) is 6.57. The fraction of sp³-hybridized carbons (Fsp3) is 0.929. The minimum atomic E-state index is 0. The summed E-state index contributed by atoms with van der Waals surface area (Å²) in [6.07, 6.45) is 5.41. The summed E-state index contributed by atoms with van der Waals surface area (Å²) in [5.41, 5.74) is 6.12. The van der Waals surface area contributed by atoms with Gasteiger partial charge >= 0.3 is 0 Å². The van der Waals surface area contributed by atoms with E-state index in [1.807, 2.05) is 11.8 Å². The molecule has 5 heteroatoms. The molecule has 2 aliphatic rings. The second-order valence-corrected chi connectivity index (χ2v) is 5.95. The van der Waals surface area contributed by atoms with Gasteiger partial charge in [-0.25, -0.2) is 0 Å². The number of halogens is 1. The van der Waals surface area contributed by atoms with Gasteiger partial charge in [0, 0.05) is 19.0 Å². The minimum absolute atomic E-state index is 0. The number of rotatable bonds is 2. The maximum atomic E-state index is 12.4. The summed E-state index contributed by atoms with van der Waals surface area (Å²) in [7, 11) is 0. The standard InChI is InChI=1S/C14H26N2O2.ClH/c1-10-9-18-11(2)8-16(10)14(17)7-12-5-3-4-6-13(12)15;/h10-13H,3-9,15H2,1-2H3;1H. The summed E-state index contributed by atoms with van der Waals surface area (Å²) in [5.74, 6) is 0.650. The maximum absolute atomic E-state index is 12.4. The van der Waals surface area contributed by atoms with Crippen LogP contribution in [0.15, 0.2) is 0 Å². The molecule has 1 saturated heterocycles. The third-order valence-corrected chi connectivity index (χ3v) is 4.33. The van der Waals surface area contributed by atoms with Gasteiger partial charge in [0.2, 0.25) is 5.91 Å². The summed E-state index contributed by atoms with van der Waals surface area (Å²) in [6.45, 7) is 5.47. The van der Waals surface area contributed by atoms with E-state index < -0.39 is 0 Å². The van der Waals surface area contributed by atoms with Gasteiger partial charge in [-0.15, -0.1) is 12.4 Å². The Morgan fingerprint density at radius 2 is 2.00 bits per heavy atom. The van der Waals surface area contributed by atoms with Crippen LogP contribution in [-0.4, -0.2) is 42.1 Å². The highest BCUT2D eigenvalue weighted by Crippen LogP contribution is 2.27. The Labute approximate surface area is 122 Å². The van der Waals surface area contributed by atoms with Crippen LogP contribution in [0.5, 0.6) is 0 Å². The van der Waals surface area contributed by atoms with E-state index in [1.165, 1.54) is 12.8 Å². The molecule has 1 saturated carbocycles. The third-order valence-electron chi connectivity index (χ3n) is 4.33. The Balaban J connectivity index is 0.00000180. The first-order valence-corrected chi connectivity index (χ1v) is 7.24. The predicted molar refractivity (Wildman–Crippen MR) is 78.4 cm³/mol. The number of carbonyl (C=O) groups excluding carboxylic acids is 1. The molecule has 0 aromatic carbocycles. The normalized spacial score (nSPS) is 35.6. The van der Waals surface area contributed by atoms with Crippen molar-refractivity contribution in [1.82, 2.24) is 4.90 Å². The maximum Gasteiger partial charge on any atom is 0.223 e. The van der Waals surface area contributed by atoms with Gasteiger partial charge in [-0.2, -0.15) is 0 Å². The van der Waals surface area contributed by atoms with Crippen LogP contribution in [0.25, 0.3) is 0 Å². The van der Waals surface area contributed by atoms with Crippen molar-refractivity contribution in [2.24, 2.45) is 11.7 Å². The highest BCUT2D eigenvalue weighted by atomic mass is 35.5. The predicted octanol–water partition coefficient (Wildman–Crippen LogP) is 1.95. The van der Waals surface area contributed by atoms with Crippen molar-refractivity contribution in [3.63, 3.8) is 0 Å². The lowest BCUT2D eigenvalue weighted by Gasteiger charge is -2.38. The van der Waals surface area contributed by atoms with Crippen LogP contribution in [0, 0.1) is 5.92 Å². The van der Waals surface area contributed by atoms with Crippen molar-refractivity contribution >= 4 is 18.3 Å². The number of ether oxygens (including phenoxy) is 1. The molecule has 0 aromatic rings. The van der Waals surface area contributed by atoms with Crippen LogP contribution < -0.4 is 5.73 Å². The lowest BCUT2D eigenvalue weighted by atomic mass is 9.82. The van der Waals surface area contributed by atoms with Crippen molar-refractivity contribution in [3.05, 3.63) is 0 Å². The molecule has 4 unspecified atom stereocenters. The first-order chi connectivity index (χ1) is 8.58. The second-order valence-electron chi connectivity index (χ2n) is 5.95. The Morgan fingerprint density at radius 1 is 1.32 bits per heavy atom. The van der Waals surface area contributed by atoms with Gasteiger partial charge in [-0.3, -0.25) is 4.79 Å². The lowest BCUT2D eigenvalue weighted by Crippen LogP contribution is -2.51. The van der Waals surface area contributed by atoms with Gasteiger partial charge in [-0.05, 0) is 32.6 Å².